The van der Waals surface area contributed by atoms with Gasteiger partial charge < -0.3 is 4.74 Å². The lowest BCUT2D eigenvalue weighted by Gasteiger charge is -2.33. The molecular formula is C17H24N4O3S. The third kappa shape index (κ3) is 3.86. The zero-order chi connectivity index (χ0) is 18.0. The van der Waals surface area contributed by atoms with E-state index in [1.807, 2.05) is 18.2 Å². The fourth-order valence-electron chi connectivity index (χ4n) is 3.13. The minimum Gasteiger partial charge on any atom is -0.497 e. The van der Waals surface area contributed by atoms with Gasteiger partial charge in [-0.1, -0.05) is 12.1 Å². The highest BCUT2D eigenvalue weighted by Crippen LogP contribution is 2.21. The molecule has 1 saturated heterocycles. The predicted octanol–water partition coefficient (Wildman–Crippen LogP) is 1.24. The van der Waals surface area contributed by atoms with Gasteiger partial charge in [-0.2, -0.15) is 9.40 Å². The normalized spacial score (nSPS) is 16.9. The Balaban J connectivity index is 1.64. The number of methoxy groups -OCH3 is 1. The Labute approximate surface area is 148 Å². The Morgan fingerprint density at radius 2 is 1.92 bits per heavy atom. The molecular weight excluding hydrogens is 340 g/mol. The average molecular weight is 364 g/mol. The zero-order valence-corrected chi connectivity index (χ0v) is 15.7. The van der Waals surface area contributed by atoms with E-state index in [4.69, 9.17) is 4.74 Å². The summed E-state index contributed by atoms with van der Waals surface area (Å²) in [6.45, 7) is 4.90. The lowest BCUT2D eigenvalue weighted by molar-refractivity contribution is 0.181. The van der Waals surface area contributed by atoms with Gasteiger partial charge >= 0.3 is 0 Å². The lowest BCUT2D eigenvalue weighted by Crippen LogP contribution is -2.48. The van der Waals surface area contributed by atoms with E-state index in [-0.39, 0.29) is 0 Å². The van der Waals surface area contributed by atoms with Crippen molar-refractivity contribution in [3.63, 3.8) is 0 Å². The van der Waals surface area contributed by atoms with Crippen molar-refractivity contribution in [2.24, 2.45) is 7.05 Å². The number of nitrogens with zero attached hydrogens (tertiary/aromatic N) is 4. The van der Waals surface area contributed by atoms with Crippen LogP contribution in [-0.4, -0.2) is 60.7 Å². The Morgan fingerprint density at radius 3 is 2.52 bits per heavy atom. The molecule has 0 unspecified atom stereocenters. The van der Waals surface area contributed by atoms with Crippen LogP contribution in [0, 0.1) is 6.92 Å². The van der Waals surface area contributed by atoms with Crippen LogP contribution in [0.2, 0.25) is 0 Å². The number of hydrogen-bond donors (Lipinski definition) is 0. The fraction of sp³-hybridized carbons (Fsp3) is 0.471. The van der Waals surface area contributed by atoms with Crippen LogP contribution in [0.5, 0.6) is 5.75 Å². The molecule has 0 spiro atoms. The molecule has 0 N–H and O–H groups in total. The molecule has 0 aliphatic carbocycles. The van der Waals surface area contributed by atoms with Gasteiger partial charge in [-0.3, -0.25) is 9.58 Å². The number of benzene rings is 1. The van der Waals surface area contributed by atoms with E-state index in [1.54, 1.807) is 36.3 Å². The molecule has 1 aliphatic rings. The highest BCUT2D eigenvalue weighted by atomic mass is 32.2. The summed E-state index contributed by atoms with van der Waals surface area (Å²) in [5, 5.41) is 4.15. The number of aromatic nitrogens is 2. The van der Waals surface area contributed by atoms with Crippen molar-refractivity contribution in [1.29, 1.82) is 0 Å². The SMILES string of the molecule is COc1cccc(CN2CCN(S(=O)(=O)c3cn(C)nc3C)CC2)c1. The maximum absolute atomic E-state index is 12.8. The van der Waals surface area contributed by atoms with Gasteiger partial charge in [-0.15, -0.1) is 0 Å². The molecule has 0 bridgehead atoms. The van der Waals surface area contributed by atoms with E-state index in [0.717, 1.165) is 12.3 Å². The van der Waals surface area contributed by atoms with Crippen molar-refractivity contribution < 1.29 is 13.2 Å². The molecule has 0 saturated carbocycles. The van der Waals surface area contributed by atoms with Gasteiger partial charge in [-0.25, -0.2) is 8.42 Å². The minimum atomic E-state index is -3.48. The molecule has 8 heteroatoms. The summed E-state index contributed by atoms with van der Waals surface area (Å²) in [5.74, 6) is 0.839. The van der Waals surface area contributed by atoms with Crippen LogP contribution < -0.4 is 4.74 Å². The Hall–Kier alpha value is -1.90. The predicted molar refractivity (Wildman–Crippen MR) is 95.0 cm³/mol. The van der Waals surface area contributed by atoms with Gasteiger partial charge in [0.15, 0.2) is 0 Å². The second kappa shape index (κ2) is 7.15. The van der Waals surface area contributed by atoms with Gasteiger partial charge in [0.1, 0.15) is 10.6 Å². The summed E-state index contributed by atoms with van der Waals surface area (Å²) < 4.78 is 34.0. The van der Waals surface area contributed by atoms with Gasteiger partial charge in [0, 0.05) is 46.0 Å². The molecule has 7 nitrogen and oxygen atoms in total. The Morgan fingerprint density at radius 1 is 1.20 bits per heavy atom. The van der Waals surface area contributed by atoms with E-state index >= 15 is 0 Å². The first-order valence-electron chi connectivity index (χ1n) is 8.26. The topological polar surface area (TPSA) is 67.7 Å². The monoisotopic (exact) mass is 364 g/mol. The second-order valence-corrected chi connectivity index (χ2v) is 8.19. The van der Waals surface area contributed by atoms with Crippen LogP contribution >= 0.6 is 0 Å². The number of rotatable bonds is 5. The van der Waals surface area contributed by atoms with Crippen LogP contribution in [0.1, 0.15) is 11.3 Å². The van der Waals surface area contributed by atoms with Crippen molar-refractivity contribution in [1.82, 2.24) is 19.0 Å². The number of sulfonamides is 1. The summed E-state index contributed by atoms with van der Waals surface area (Å²) in [6, 6.07) is 7.97. The molecule has 136 valence electrons. The first kappa shape index (κ1) is 17.9. The standard InChI is InChI=1S/C17H24N4O3S/c1-14-17(13-19(2)18-14)25(22,23)21-9-7-20(8-10-21)12-15-5-4-6-16(11-15)24-3/h4-6,11,13H,7-10,12H2,1-3H3. The molecule has 0 amide bonds. The van der Waals surface area contributed by atoms with E-state index < -0.39 is 10.0 Å². The summed E-state index contributed by atoms with van der Waals surface area (Å²) in [7, 11) is -0.0854. The fourth-order valence-corrected chi connectivity index (χ4v) is 4.75. The number of ether oxygens (including phenoxy) is 1. The summed E-state index contributed by atoms with van der Waals surface area (Å²) >= 11 is 0. The summed E-state index contributed by atoms with van der Waals surface area (Å²) in [5.41, 5.74) is 1.71. The average Bonchev–Trinajstić information content (AvgIpc) is 2.95. The molecule has 0 atom stereocenters. The van der Waals surface area contributed by atoms with E-state index in [2.05, 4.69) is 16.1 Å². The molecule has 3 rings (SSSR count). The largest absolute Gasteiger partial charge is 0.497 e. The highest BCUT2D eigenvalue weighted by molar-refractivity contribution is 7.89. The van der Waals surface area contributed by atoms with Gasteiger partial charge in [0.05, 0.1) is 12.8 Å². The first-order chi connectivity index (χ1) is 11.9. The number of piperazine rings is 1. The zero-order valence-electron chi connectivity index (χ0n) is 14.8. The van der Waals surface area contributed by atoms with Crippen molar-refractivity contribution in [2.45, 2.75) is 18.4 Å². The van der Waals surface area contributed by atoms with Gasteiger partial charge in [-0.05, 0) is 24.6 Å². The molecule has 1 aliphatic heterocycles. The third-order valence-electron chi connectivity index (χ3n) is 4.46. The molecule has 25 heavy (non-hydrogen) atoms. The van der Waals surface area contributed by atoms with E-state index in [1.165, 1.54) is 5.56 Å². The van der Waals surface area contributed by atoms with Gasteiger partial charge in [0.2, 0.25) is 10.0 Å². The molecule has 1 fully saturated rings. The van der Waals surface area contributed by atoms with Crippen molar-refractivity contribution >= 4 is 10.0 Å². The molecule has 2 heterocycles. The smallest absolute Gasteiger partial charge is 0.246 e. The van der Waals surface area contributed by atoms with Crippen LogP contribution in [0.3, 0.4) is 0 Å². The molecule has 1 aromatic carbocycles. The van der Waals surface area contributed by atoms with Crippen molar-refractivity contribution in [3.05, 3.63) is 41.7 Å². The third-order valence-corrected chi connectivity index (χ3v) is 6.46. The maximum atomic E-state index is 12.8. The van der Waals surface area contributed by atoms with E-state index in [9.17, 15) is 8.42 Å². The quantitative estimate of drug-likeness (QED) is 0.799. The van der Waals surface area contributed by atoms with Crippen LogP contribution in [0.4, 0.5) is 0 Å². The van der Waals surface area contributed by atoms with Crippen molar-refractivity contribution in [2.75, 3.05) is 33.3 Å². The number of hydrogen-bond acceptors (Lipinski definition) is 5. The second-order valence-electron chi connectivity index (χ2n) is 6.28. The highest BCUT2D eigenvalue weighted by Gasteiger charge is 2.30. The Bertz CT molecular complexity index is 839. The summed E-state index contributed by atoms with van der Waals surface area (Å²) in [4.78, 5) is 2.56. The van der Waals surface area contributed by atoms with Crippen LogP contribution in [-0.2, 0) is 23.6 Å². The molecule has 0 radical (unpaired) electrons. The van der Waals surface area contributed by atoms with Crippen LogP contribution in [0.25, 0.3) is 0 Å². The molecule has 1 aromatic heterocycles. The Kier molecular flexibility index (Phi) is 5.12. The van der Waals surface area contributed by atoms with E-state index in [0.29, 0.717) is 36.8 Å². The van der Waals surface area contributed by atoms with Crippen molar-refractivity contribution in [3.8, 4) is 5.75 Å². The maximum Gasteiger partial charge on any atom is 0.246 e. The minimum absolute atomic E-state index is 0.302. The lowest BCUT2D eigenvalue weighted by atomic mass is 10.2. The molecule has 2 aromatic rings. The number of aryl methyl sites for hydroxylation is 2. The first-order valence-corrected chi connectivity index (χ1v) is 9.70. The summed E-state index contributed by atoms with van der Waals surface area (Å²) in [6.07, 6.45) is 1.58. The van der Waals surface area contributed by atoms with Crippen LogP contribution in [0.15, 0.2) is 35.4 Å². The van der Waals surface area contributed by atoms with Gasteiger partial charge in [0.25, 0.3) is 0 Å².